The summed E-state index contributed by atoms with van der Waals surface area (Å²) in [4.78, 5) is 22.0. The maximum absolute atomic E-state index is 15.1. The van der Waals surface area contributed by atoms with Crippen LogP contribution < -0.4 is 5.32 Å². The van der Waals surface area contributed by atoms with Gasteiger partial charge in [-0.1, -0.05) is 6.07 Å². The van der Waals surface area contributed by atoms with Crippen molar-refractivity contribution in [1.82, 2.24) is 25.2 Å². The number of guanidine groups is 1. The Hall–Kier alpha value is -3.71. The molecular weight excluding hydrogens is 480 g/mol. The van der Waals surface area contributed by atoms with E-state index in [1.165, 1.54) is 31.5 Å². The van der Waals surface area contributed by atoms with Gasteiger partial charge in [0.25, 0.3) is 11.8 Å². The minimum Gasteiger partial charge on any atom is -0.352 e. The van der Waals surface area contributed by atoms with Crippen LogP contribution in [-0.2, 0) is 0 Å². The molecule has 0 saturated carbocycles. The second-order valence-corrected chi connectivity index (χ2v) is 7.74. The molecule has 14 heteroatoms. The molecule has 8 nitrogen and oxygen atoms in total. The molecule has 2 aromatic rings. The Morgan fingerprint density at radius 1 is 1.31 bits per heavy atom. The summed E-state index contributed by atoms with van der Waals surface area (Å²) in [6.45, 7) is 4.33. The predicted octanol–water partition coefficient (Wildman–Crippen LogP) is 3.68. The number of aliphatic imine (C=N–C) groups is 2. The first-order valence-electron chi connectivity index (χ1n) is 10.2. The van der Waals surface area contributed by atoms with E-state index in [1.54, 1.807) is 0 Å². The number of allylic oxidation sites excluding steroid dienone is 1. The Morgan fingerprint density at radius 3 is 2.57 bits per heavy atom. The number of amides is 1. The van der Waals surface area contributed by atoms with Crippen LogP contribution >= 0.6 is 0 Å². The van der Waals surface area contributed by atoms with E-state index in [0.29, 0.717) is 6.20 Å². The lowest BCUT2D eigenvalue weighted by Gasteiger charge is -2.28. The van der Waals surface area contributed by atoms with E-state index in [1.807, 2.05) is 0 Å². The first-order valence-corrected chi connectivity index (χ1v) is 10.2. The van der Waals surface area contributed by atoms with Crippen LogP contribution in [0.5, 0.6) is 0 Å². The number of aryl methyl sites for hydroxylation is 1. The molecule has 35 heavy (non-hydrogen) atoms. The highest BCUT2D eigenvalue weighted by molar-refractivity contribution is 5.98. The van der Waals surface area contributed by atoms with Crippen LogP contribution in [0, 0.1) is 12.7 Å². The average Bonchev–Trinajstić information content (AvgIpc) is 3.42. The molecule has 1 aromatic carbocycles. The Morgan fingerprint density at radius 2 is 1.97 bits per heavy atom. The lowest BCUT2D eigenvalue weighted by molar-refractivity contribution is -0.0914. The Labute approximate surface area is 196 Å². The van der Waals surface area contributed by atoms with Crippen LogP contribution in [0.1, 0.15) is 29.3 Å². The maximum Gasteiger partial charge on any atom is 0.413 e. The lowest BCUT2D eigenvalue weighted by atomic mass is 10.1. The van der Waals surface area contributed by atoms with Gasteiger partial charge in [-0.15, -0.1) is 0 Å². The van der Waals surface area contributed by atoms with Gasteiger partial charge in [0.15, 0.2) is 0 Å². The van der Waals surface area contributed by atoms with Crippen LogP contribution in [0.3, 0.4) is 0 Å². The molecule has 2 heterocycles. The summed E-state index contributed by atoms with van der Waals surface area (Å²) in [5.41, 5.74) is -1.45. The molecule has 1 aliphatic heterocycles. The van der Waals surface area contributed by atoms with Crippen molar-refractivity contribution in [3.63, 3.8) is 0 Å². The average molecular weight is 501 g/mol. The SMILES string of the molecule is C=N/C(=N\C=C(/C)C(F)(F)F)NC[C@H]1N(C(=O)c2c(-n3nccn3)ccc(C)c2F)CCC1(F)F. The number of hydrogen-bond acceptors (Lipinski definition) is 4. The van der Waals surface area contributed by atoms with E-state index >= 15 is 4.39 Å². The number of carbonyl (C=O) groups is 1. The number of halogens is 6. The van der Waals surface area contributed by atoms with Crippen LogP contribution in [0.25, 0.3) is 5.69 Å². The van der Waals surface area contributed by atoms with Crippen molar-refractivity contribution < 1.29 is 31.1 Å². The topological polar surface area (TPSA) is 87.8 Å². The van der Waals surface area contributed by atoms with Crippen molar-refractivity contribution >= 4 is 18.6 Å². The number of aromatic nitrogens is 3. The molecule has 1 atom stereocenters. The molecule has 188 valence electrons. The third-order valence-electron chi connectivity index (χ3n) is 5.40. The number of alkyl halides is 5. The summed E-state index contributed by atoms with van der Waals surface area (Å²) in [5.74, 6) is -5.75. The Balaban J connectivity index is 1.90. The molecule has 0 radical (unpaired) electrons. The Kier molecular flexibility index (Phi) is 7.31. The van der Waals surface area contributed by atoms with Crippen molar-refractivity contribution in [1.29, 1.82) is 0 Å². The van der Waals surface area contributed by atoms with Crippen molar-refractivity contribution in [2.75, 3.05) is 13.1 Å². The largest absolute Gasteiger partial charge is 0.413 e. The minimum absolute atomic E-state index is 0.0344. The highest BCUT2D eigenvalue weighted by Crippen LogP contribution is 2.36. The van der Waals surface area contributed by atoms with E-state index in [-0.39, 0.29) is 11.3 Å². The fourth-order valence-electron chi connectivity index (χ4n) is 3.41. The summed E-state index contributed by atoms with van der Waals surface area (Å²) < 4.78 is 82.4. The normalized spacial score (nSPS) is 18.6. The molecule has 0 bridgehead atoms. The van der Waals surface area contributed by atoms with Gasteiger partial charge in [0.2, 0.25) is 5.96 Å². The van der Waals surface area contributed by atoms with Crippen molar-refractivity contribution in [2.45, 2.75) is 38.4 Å². The molecular formula is C21H21F6N7O. The zero-order valence-corrected chi connectivity index (χ0v) is 18.7. The number of likely N-dealkylation sites (tertiary alicyclic amines) is 1. The number of hydrogen-bond donors (Lipinski definition) is 1. The Bertz CT molecular complexity index is 1160. The van der Waals surface area contributed by atoms with Crippen LogP contribution in [0.15, 0.2) is 46.3 Å². The number of nitrogens with one attached hydrogen (secondary N) is 1. The third kappa shape index (κ3) is 5.52. The first kappa shape index (κ1) is 25.9. The van der Waals surface area contributed by atoms with Gasteiger partial charge in [0, 0.05) is 31.3 Å². The van der Waals surface area contributed by atoms with Gasteiger partial charge in [-0.2, -0.15) is 28.2 Å². The summed E-state index contributed by atoms with van der Waals surface area (Å²) in [5, 5.41) is 10.2. The van der Waals surface area contributed by atoms with E-state index in [2.05, 4.69) is 32.2 Å². The fourth-order valence-corrected chi connectivity index (χ4v) is 3.41. The molecule has 1 fully saturated rings. The number of carbonyl (C=O) groups excluding carboxylic acids is 1. The molecule has 1 aliphatic rings. The molecule has 1 aromatic heterocycles. The lowest BCUT2D eigenvalue weighted by Crippen LogP contribution is -2.49. The zero-order chi connectivity index (χ0) is 26.0. The summed E-state index contributed by atoms with van der Waals surface area (Å²) in [7, 11) is 0. The number of nitrogens with zero attached hydrogens (tertiary/aromatic N) is 6. The monoisotopic (exact) mass is 501 g/mol. The smallest absolute Gasteiger partial charge is 0.352 e. The second-order valence-electron chi connectivity index (χ2n) is 7.74. The number of rotatable bonds is 5. The standard InChI is InChI=1S/C21H21F6N7O/c1-12-4-5-14(34-31-7-8-32-34)16(17(12)22)18(35)33-9-6-20(23,24)15(33)11-30-19(28-3)29-10-13(2)21(25,26)27/h4-5,7-8,10,15H,3,6,9,11H2,1-2H3,(H,29,30)/b13-10+/t15-/m1/s1. The highest BCUT2D eigenvalue weighted by Gasteiger charge is 2.51. The third-order valence-corrected chi connectivity index (χ3v) is 5.40. The quantitative estimate of drug-likeness (QED) is 0.385. The highest BCUT2D eigenvalue weighted by atomic mass is 19.4. The fraction of sp³-hybridized carbons (Fsp3) is 0.381. The maximum atomic E-state index is 15.1. The molecule has 1 amide bonds. The summed E-state index contributed by atoms with van der Waals surface area (Å²) >= 11 is 0. The minimum atomic E-state index is -4.63. The van der Waals surface area contributed by atoms with E-state index in [0.717, 1.165) is 16.6 Å². The predicted molar refractivity (Wildman–Crippen MR) is 115 cm³/mol. The van der Waals surface area contributed by atoms with Gasteiger partial charge in [0.05, 0.1) is 12.4 Å². The van der Waals surface area contributed by atoms with Crippen LogP contribution in [-0.4, -0.2) is 69.7 Å². The molecule has 0 aliphatic carbocycles. The summed E-state index contributed by atoms with van der Waals surface area (Å²) in [6, 6.07) is 1.03. The van der Waals surface area contributed by atoms with Gasteiger partial charge in [0.1, 0.15) is 23.1 Å². The van der Waals surface area contributed by atoms with Gasteiger partial charge in [-0.05, 0) is 32.2 Å². The molecule has 1 saturated heterocycles. The van der Waals surface area contributed by atoms with Crippen molar-refractivity contribution in [2.24, 2.45) is 9.98 Å². The van der Waals surface area contributed by atoms with Gasteiger partial charge < -0.3 is 10.2 Å². The van der Waals surface area contributed by atoms with Crippen LogP contribution in [0.4, 0.5) is 26.3 Å². The van der Waals surface area contributed by atoms with Crippen molar-refractivity contribution in [3.05, 3.63) is 53.2 Å². The zero-order valence-electron chi connectivity index (χ0n) is 18.7. The van der Waals surface area contributed by atoms with Crippen molar-refractivity contribution in [3.8, 4) is 5.69 Å². The molecule has 0 unspecified atom stereocenters. The van der Waals surface area contributed by atoms with Crippen LogP contribution in [0.2, 0.25) is 0 Å². The van der Waals surface area contributed by atoms with E-state index in [9.17, 15) is 26.7 Å². The second kappa shape index (κ2) is 9.88. The molecule has 3 rings (SSSR count). The summed E-state index contributed by atoms with van der Waals surface area (Å²) in [6.07, 6.45) is -2.24. The van der Waals surface area contributed by atoms with Gasteiger partial charge >= 0.3 is 6.18 Å². The van der Waals surface area contributed by atoms with E-state index < -0.39 is 66.5 Å². The first-order chi connectivity index (χ1) is 16.4. The van der Waals surface area contributed by atoms with E-state index in [4.69, 9.17) is 0 Å². The van der Waals surface area contributed by atoms with Gasteiger partial charge in [-0.3, -0.25) is 4.79 Å². The molecule has 0 spiro atoms. The van der Waals surface area contributed by atoms with Gasteiger partial charge in [-0.25, -0.2) is 23.2 Å². The number of benzene rings is 1. The molecule has 1 N–H and O–H groups in total.